The summed E-state index contributed by atoms with van der Waals surface area (Å²) in [6.07, 6.45) is 4.94. The van der Waals surface area contributed by atoms with Gasteiger partial charge >= 0.3 is 0 Å². The Balaban J connectivity index is 1.88. The topological polar surface area (TPSA) is 44.3 Å². The normalized spacial score (nSPS) is 18.6. The predicted octanol–water partition coefficient (Wildman–Crippen LogP) is 1.05. The van der Waals surface area contributed by atoms with E-state index in [-0.39, 0.29) is 0 Å². The first kappa shape index (κ1) is 13.2. The molecule has 0 atom stereocenters. The first-order chi connectivity index (χ1) is 8.78. The summed E-state index contributed by atoms with van der Waals surface area (Å²) in [5.74, 6) is 0.858. The Kier molecular flexibility index (Phi) is 4.90. The van der Waals surface area contributed by atoms with Crippen molar-refractivity contribution >= 4 is 5.82 Å². The van der Waals surface area contributed by atoms with Gasteiger partial charge in [0.15, 0.2) is 0 Å². The SMILES string of the molecule is CCNc1cnc(CN2CCCN(C)CC2)cn1. The summed E-state index contributed by atoms with van der Waals surface area (Å²) in [5.41, 5.74) is 1.06. The fraction of sp³-hybridized carbons (Fsp3) is 0.692. The summed E-state index contributed by atoms with van der Waals surface area (Å²) in [7, 11) is 2.19. The van der Waals surface area contributed by atoms with Crippen molar-refractivity contribution in [2.24, 2.45) is 0 Å². The minimum absolute atomic E-state index is 0.858. The number of nitrogens with zero attached hydrogens (tertiary/aromatic N) is 4. The zero-order valence-corrected chi connectivity index (χ0v) is 11.4. The van der Waals surface area contributed by atoms with Crippen LogP contribution < -0.4 is 5.32 Å². The minimum Gasteiger partial charge on any atom is -0.369 e. The molecule has 100 valence electrons. The van der Waals surface area contributed by atoms with Crippen LogP contribution in [0.1, 0.15) is 19.0 Å². The van der Waals surface area contributed by atoms with Gasteiger partial charge in [-0.3, -0.25) is 9.88 Å². The van der Waals surface area contributed by atoms with Gasteiger partial charge in [0.2, 0.25) is 0 Å². The van der Waals surface area contributed by atoms with E-state index in [0.717, 1.165) is 44.2 Å². The molecule has 2 heterocycles. The number of aromatic nitrogens is 2. The van der Waals surface area contributed by atoms with E-state index in [1.165, 1.54) is 13.0 Å². The molecule has 1 aliphatic heterocycles. The van der Waals surface area contributed by atoms with E-state index < -0.39 is 0 Å². The van der Waals surface area contributed by atoms with Crippen molar-refractivity contribution in [3.05, 3.63) is 18.1 Å². The van der Waals surface area contributed by atoms with Gasteiger partial charge in [-0.2, -0.15) is 0 Å². The molecule has 1 aromatic heterocycles. The first-order valence-corrected chi connectivity index (χ1v) is 6.73. The highest BCUT2D eigenvalue weighted by Gasteiger charge is 2.12. The Morgan fingerprint density at radius 2 is 2.06 bits per heavy atom. The van der Waals surface area contributed by atoms with Crippen molar-refractivity contribution in [2.75, 3.05) is 45.1 Å². The maximum absolute atomic E-state index is 4.46. The lowest BCUT2D eigenvalue weighted by Crippen LogP contribution is -2.28. The molecule has 1 saturated heterocycles. The lowest BCUT2D eigenvalue weighted by molar-refractivity contribution is 0.266. The molecule has 0 aliphatic carbocycles. The van der Waals surface area contributed by atoms with Crippen LogP contribution in [0.4, 0.5) is 5.82 Å². The standard InChI is InChI=1S/C13H23N5/c1-3-14-13-10-15-12(9-16-13)11-18-6-4-5-17(2)7-8-18/h9-10H,3-8,11H2,1-2H3,(H,14,16). The van der Waals surface area contributed by atoms with Crippen molar-refractivity contribution in [1.82, 2.24) is 19.8 Å². The average molecular weight is 249 g/mol. The molecule has 1 fully saturated rings. The van der Waals surface area contributed by atoms with Crippen LogP contribution in [0.5, 0.6) is 0 Å². The number of hydrogen-bond acceptors (Lipinski definition) is 5. The van der Waals surface area contributed by atoms with Gasteiger partial charge in [-0.15, -0.1) is 0 Å². The minimum atomic E-state index is 0.858. The van der Waals surface area contributed by atoms with Crippen LogP contribution in [0.3, 0.4) is 0 Å². The van der Waals surface area contributed by atoms with Gasteiger partial charge in [-0.05, 0) is 33.5 Å². The van der Waals surface area contributed by atoms with E-state index in [1.807, 2.05) is 12.4 Å². The molecular weight excluding hydrogens is 226 g/mol. The maximum Gasteiger partial charge on any atom is 0.144 e. The van der Waals surface area contributed by atoms with Crippen molar-refractivity contribution in [2.45, 2.75) is 19.9 Å². The van der Waals surface area contributed by atoms with Crippen molar-refractivity contribution in [1.29, 1.82) is 0 Å². The Hall–Kier alpha value is -1.20. The summed E-state index contributed by atoms with van der Waals surface area (Å²) in [5, 5.41) is 3.16. The van der Waals surface area contributed by atoms with E-state index in [0.29, 0.717) is 0 Å². The van der Waals surface area contributed by atoms with E-state index >= 15 is 0 Å². The smallest absolute Gasteiger partial charge is 0.144 e. The Bertz CT molecular complexity index is 351. The number of anilines is 1. The third-order valence-corrected chi connectivity index (χ3v) is 3.26. The zero-order chi connectivity index (χ0) is 12.8. The molecule has 0 bridgehead atoms. The Morgan fingerprint density at radius 3 is 2.78 bits per heavy atom. The molecule has 5 nitrogen and oxygen atoms in total. The number of hydrogen-bond donors (Lipinski definition) is 1. The van der Waals surface area contributed by atoms with Gasteiger partial charge in [0.25, 0.3) is 0 Å². The van der Waals surface area contributed by atoms with Crippen LogP contribution in [-0.4, -0.2) is 59.5 Å². The predicted molar refractivity (Wildman–Crippen MR) is 73.6 cm³/mol. The average Bonchev–Trinajstić information content (AvgIpc) is 2.57. The van der Waals surface area contributed by atoms with E-state index in [4.69, 9.17) is 0 Å². The van der Waals surface area contributed by atoms with Crippen LogP contribution in [0, 0.1) is 0 Å². The highest BCUT2D eigenvalue weighted by molar-refractivity contribution is 5.30. The fourth-order valence-electron chi connectivity index (χ4n) is 2.20. The molecule has 1 aliphatic rings. The highest BCUT2D eigenvalue weighted by atomic mass is 15.2. The van der Waals surface area contributed by atoms with Gasteiger partial charge in [0.05, 0.1) is 18.1 Å². The second-order valence-corrected chi connectivity index (χ2v) is 4.86. The summed E-state index contributed by atoms with van der Waals surface area (Å²) < 4.78 is 0. The molecule has 0 saturated carbocycles. The lowest BCUT2D eigenvalue weighted by Gasteiger charge is -2.19. The molecule has 0 unspecified atom stereocenters. The van der Waals surface area contributed by atoms with Crippen LogP contribution in [0.2, 0.25) is 0 Å². The fourth-order valence-corrected chi connectivity index (χ4v) is 2.20. The highest BCUT2D eigenvalue weighted by Crippen LogP contribution is 2.07. The lowest BCUT2D eigenvalue weighted by atomic mass is 10.3. The van der Waals surface area contributed by atoms with E-state index in [9.17, 15) is 0 Å². The molecule has 5 heteroatoms. The number of nitrogens with one attached hydrogen (secondary N) is 1. The molecule has 2 rings (SSSR count). The van der Waals surface area contributed by atoms with Gasteiger partial charge in [-0.1, -0.05) is 0 Å². The molecule has 0 amide bonds. The second kappa shape index (κ2) is 6.66. The van der Waals surface area contributed by atoms with E-state index in [2.05, 4.69) is 39.1 Å². The van der Waals surface area contributed by atoms with E-state index in [1.54, 1.807) is 0 Å². The third kappa shape index (κ3) is 3.92. The van der Waals surface area contributed by atoms with Crippen LogP contribution in [-0.2, 0) is 6.54 Å². The largest absolute Gasteiger partial charge is 0.369 e. The van der Waals surface area contributed by atoms with Gasteiger partial charge in [0, 0.05) is 26.2 Å². The van der Waals surface area contributed by atoms with Gasteiger partial charge in [0.1, 0.15) is 5.82 Å². The molecule has 1 aromatic rings. The summed E-state index contributed by atoms with van der Waals surface area (Å²) >= 11 is 0. The molecule has 1 N–H and O–H groups in total. The van der Waals surface area contributed by atoms with Gasteiger partial charge in [-0.25, -0.2) is 4.98 Å². The van der Waals surface area contributed by atoms with Crippen LogP contribution in [0.15, 0.2) is 12.4 Å². The van der Waals surface area contributed by atoms with Crippen molar-refractivity contribution in [3.63, 3.8) is 0 Å². The van der Waals surface area contributed by atoms with Crippen molar-refractivity contribution in [3.8, 4) is 0 Å². The quantitative estimate of drug-likeness (QED) is 0.864. The molecule has 18 heavy (non-hydrogen) atoms. The molecule has 0 spiro atoms. The maximum atomic E-state index is 4.46. The second-order valence-electron chi connectivity index (χ2n) is 4.86. The number of rotatable bonds is 4. The van der Waals surface area contributed by atoms with Gasteiger partial charge < -0.3 is 10.2 Å². The summed E-state index contributed by atoms with van der Waals surface area (Å²) in [4.78, 5) is 13.7. The first-order valence-electron chi connectivity index (χ1n) is 6.73. The molecule has 0 radical (unpaired) electrons. The Labute approximate surface area is 109 Å². The monoisotopic (exact) mass is 249 g/mol. The molecule has 0 aromatic carbocycles. The van der Waals surface area contributed by atoms with Crippen LogP contribution >= 0.6 is 0 Å². The Morgan fingerprint density at radius 1 is 1.17 bits per heavy atom. The van der Waals surface area contributed by atoms with Crippen molar-refractivity contribution < 1.29 is 0 Å². The number of likely N-dealkylation sites (N-methyl/N-ethyl adjacent to an activating group) is 1. The van der Waals surface area contributed by atoms with Crippen LogP contribution in [0.25, 0.3) is 0 Å². The summed E-state index contributed by atoms with van der Waals surface area (Å²) in [6, 6.07) is 0. The molecular formula is C13H23N5. The third-order valence-electron chi connectivity index (χ3n) is 3.26. The summed E-state index contributed by atoms with van der Waals surface area (Å²) in [6.45, 7) is 8.46. The zero-order valence-electron chi connectivity index (χ0n) is 11.4.